The molecule has 9 heteroatoms. The maximum Gasteiger partial charge on any atom is 0.422 e. The molecule has 2 rings (SSSR count). The quantitative estimate of drug-likeness (QED) is 0.364. The fourth-order valence-electron chi connectivity index (χ4n) is 2.35. The maximum absolute atomic E-state index is 12.4. The lowest BCUT2D eigenvalue weighted by molar-refractivity contribution is -0.153. The topological polar surface area (TPSA) is 50.6 Å². The molecule has 0 aliphatic carbocycles. The number of aryl methyl sites for hydroxylation is 2. The minimum absolute atomic E-state index is 0. The molecule has 1 aromatic carbocycles. The van der Waals surface area contributed by atoms with Gasteiger partial charge in [-0.25, -0.2) is 0 Å². The van der Waals surface area contributed by atoms with Gasteiger partial charge in [-0.2, -0.15) is 13.2 Å². The smallest absolute Gasteiger partial charge is 0.422 e. The summed E-state index contributed by atoms with van der Waals surface area (Å²) in [5.74, 6) is 0.768. The minimum Gasteiger partial charge on any atom is -0.484 e. The molecule has 27 heavy (non-hydrogen) atoms. The highest BCUT2D eigenvalue weighted by molar-refractivity contribution is 14.0. The molecule has 0 saturated heterocycles. The van der Waals surface area contributed by atoms with Crippen molar-refractivity contribution in [3.63, 3.8) is 0 Å². The molecule has 1 aromatic heterocycles. The van der Waals surface area contributed by atoms with Gasteiger partial charge in [0.1, 0.15) is 5.75 Å². The molecular weight excluding hydrogens is 472 g/mol. The van der Waals surface area contributed by atoms with Crippen LogP contribution in [-0.4, -0.2) is 30.4 Å². The van der Waals surface area contributed by atoms with Gasteiger partial charge in [-0.15, -0.1) is 24.0 Å². The molecule has 1 heterocycles. The Morgan fingerprint density at radius 1 is 1.19 bits per heavy atom. The summed E-state index contributed by atoms with van der Waals surface area (Å²) in [6.45, 7) is 1.37. The van der Waals surface area contributed by atoms with Crippen LogP contribution in [0.4, 0.5) is 13.2 Å². The third-order valence-corrected chi connectivity index (χ3v) is 3.64. The van der Waals surface area contributed by atoms with Crippen molar-refractivity contribution in [2.24, 2.45) is 12.0 Å². The van der Waals surface area contributed by atoms with Crippen molar-refractivity contribution in [3.05, 3.63) is 53.3 Å². The van der Waals surface area contributed by atoms with E-state index in [4.69, 9.17) is 4.74 Å². The number of nitrogens with zero attached hydrogens (tertiary/aromatic N) is 2. The van der Waals surface area contributed by atoms with Gasteiger partial charge in [0, 0.05) is 45.1 Å². The van der Waals surface area contributed by atoms with Gasteiger partial charge in [0.05, 0.1) is 0 Å². The Bertz CT molecular complexity index is 759. The molecule has 0 saturated carbocycles. The van der Waals surface area contributed by atoms with Crippen molar-refractivity contribution in [3.8, 4) is 5.75 Å². The number of nitrogens with one attached hydrogen (secondary N) is 2. The summed E-state index contributed by atoms with van der Waals surface area (Å²) in [5, 5.41) is 6.25. The molecule has 0 fully saturated rings. The molecule has 0 amide bonds. The van der Waals surface area contributed by atoms with E-state index in [0.717, 1.165) is 11.1 Å². The number of aliphatic imine (C=N–C) groups is 1. The second kappa shape index (κ2) is 10.4. The molecule has 0 bridgehead atoms. The first-order valence-corrected chi connectivity index (χ1v) is 8.11. The Labute approximate surface area is 174 Å². The van der Waals surface area contributed by atoms with Crippen LogP contribution in [0.25, 0.3) is 0 Å². The predicted octanol–water partition coefficient (Wildman–Crippen LogP) is 3.76. The average Bonchev–Trinajstić information content (AvgIpc) is 2.99. The van der Waals surface area contributed by atoms with E-state index < -0.39 is 12.8 Å². The van der Waals surface area contributed by atoms with E-state index in [-0.39, 0.29) is 29.7 Å². The van der Waals surface area contributed by atoms with Crippen LogP contribution in [0.1, 0.15) is 16.7 Å². The Morgan fingerprint density at radius 2 is 1.89 bits per heavy atom. The second-order valence-corrected chi connectivity index (χ2v) is 5.98. The number of benzene rings is 1. The van der Waals surface area contributed by atoms with Crippen molar-refractivity contribution in [2.75, 3.05) is 13.7 Å². The van der Waals surface area contributed by atoms with E-state index in [1.807, 2.05) is 36.1 Å². The lowest BCUT2D eigenvalue weighted by Gasteiger charge is -2.16. The van der Waals surface area contributed by atoms with E-state index >= 15 is 0 Å². The van der Waals surface area contributed by atoms with Crippen LogP contribution in [0.3, 0.4) is 0 Å². The Kier molecular flexibility index (Phi) is 8.94. The highest BCUT2D eigenvalue weighted by Crippen LogP contribution is 2.23. The summed E-state index contributed by atoms with van der Waals surface area (Å²) in [6, 6.07) is 7.17. The number of aromatic nitrogens is 1. The lowest BCUT2D eigenvalue weighted by atomic mass is 10.1. The zero-order valence-electron chi connectivity index (χ0n) is 15.4. The summed E-state index contributed by atoms with van der Waals surface area (Å²) in [7, 11) is 3.58. The summed E-state index contributed by atoms with van der Waals surface area (Å²) in [4.78, 5) is 4.12. The number of hydrogen-bond donors (Lipinski definition) is 2. The summed E-state index contributed by atoms with van der Waals surface area (Å²) in [5.41, 5.74) is 2.56. The van der Waals surface area contributed by atoms with E-state index in [1.165, 1.54) is 0 Å². The number of rotatable bonds is 6. The van der Waals surface area contributed by atoms with Crippen molar-refractivity contribution < 1.29 is 17.9 Å². The van der Waals surface area contributed by atoms with Gasteiger partial charge in [-0.05, 0) is 30.2 Å². The van der Waals surface area contributed by atoms with Crippen molar-refractivity contribution in [1.82, 2.24) is 15.2 Å². The predicted molar refractivity (Wildman–Crippen MR) is 111 cm³/mol. The largest absolute Gasteiger partial charge is 0.484 e. The van der Waals surface area contributed by atoms with Gasteiger partial charge in [0.2, 0.25) is 0 Å². The van der Waals surface area contributed by atoms with Crippen LogP contribution in [0.15, 0.2) is 41.7 Å². The summed E-state index contributed by atoms with van der Waals surface area (Å²) >= 11 is 0. The van der Waals surface area contributed by atoms with Gasteiger partial charge in [-0.3, -0.25) is 4.99 Å². The minimum atomic E-state index is -4.37. The molecule has 0 atom stereocenters. The lowest BCUT2D eigenvalue weighted by Crippen LogP contribution is -2.36. The van der Waals surface area contributed by atoms with Crippen LogP contribution in [0.2, 0.25) is 0 Å². The van der Waals surface area contributed by atoms with Gasteiger partial charge in [0.15, 0.2) is 12.6 Å². The van der Waals surface area contributed by atoms with Crippen molar-refractivity contribution >= 4 is 29.9 Å². The SMILES string of the molecule is CN=C(NCc1ccn(C)c1)NCc1ccc(C)cc1OCC(F)(F)F.I. The number of ether oxygens (including phenoxy) is 1. The fourth-order valence-corrected chi connectivity index (χ4v) is 2.35. The standard InChI is InChI=1S/C18H23F3N4O.HI/c1-13-4-5-15(16(8-13)26-12-18(19,20)21)10-24-17(22-2)23-9-14-6-7-25(3)11-14;/h4-8,11H,9-10,12H2,1-3H3,(H2,22,23,24);1H. The van der Waals surface area contributed by atoms with E-state index in [0.29, 0.717) is 24.6 Å². The third-order valence-electron chi connectivity index (χ3n) is 3.64. The molecular formula is C18H24F3IN4O. The van der Waals surface area contributed by atoms with Gasteiger partial charge >= 0.3 is 6.18 Å². The molecule has 0 aliphatic heterocycles. The normalized spacial score (nSPS) is 11.7. The zero-order valence-corrected chi connectivity index (χ0v) is 17.8. The summed E-state index contributed by atoms with van der Waals surface area (Å²) < 4.78 is 44.2. The molecule has 0 radical (unpaired) electrons. The van der Waals surface area contributed by atoms with Crippen molar-refractivity contribution in [1.29, 1.82) is 0 Å². The summed E-state index contributed by atoms with van der Waals surface area (Å²) in [6.07, 6.45) is -0.436. The number of alkyl halides is 3. The monoisotopic (exact) mass is 496 g/mol. The van der Waals surface area contributed by atoms with Crippen molar-refractivity contribution in [2.45, 2.75) is 26.2 Å². The molecule has 0 unspecified atom stereocenters. The van der Waals surface area contributed by atoms with Crippen LogP contribution in [0.5, 0.6) is 5.75 Å². The number of hydrogen-bond acceptors (Lipinski definition) is 2. The second-order valence-electron chi connectivity index (χ2n) is 5.98. The van der Waals surface area contributed by atoms with Crippen LogP contribution >= 0.6 is 24.0 Å². The van der Waals surface area contributed by atoms with Gasteiger partial charge < -0.3 is 19.9 Å². The average molecular weight is 496 g/mol. The maximum atomic E-state index is 12.4. The highest BCUT2D eigenvalue weighted by Gasteiger charge is 2.28. The first-order valence-electron chi connectivity index (χ1n) is 8.11. The fraction of sp³-hybridized carbons (Fsp3) is 0.389. The van der Waals surface area contributed by atoms with E-state index in [9.17, 15) is 13.2 Å². The molecule has 150 valence electrons. The van der Waals surface area contributed by atoms with E-state index in [2.05, 4.69) is 15.6 Å². The first-order chi connectivity index (χ1) is 12.3. The van der Waals surface area contributed by atoms with Crippen LogP contribution < -0.4 is 15.4 Å². The Hall–Kier alpha value is -1.91. The third kappa shape index (κ3) is 8.10. The number of guanidine groups is 1. The van der Waals surface area contributed by atoms with Crippen LogP contribution in [-0.2, 0) is 20.1 Å². The van der Waals surface area contributed by atoms with Crippen LogP contribution in [0, 0.1) is 6.92 Å². The number of halogens is 4. The molecule has 5 nitrogen and oxygen atoms in total. The first kappa shape index (κ1) is 23.1. The highest BCUT2D eigenvalue weighted by atomic mass is 127. The Balaban J connectivity index is 0.00000364. The van der Waals surface area contributed by atoms with Gasteiger partial charge in [-0.1, -0.05) is 12.1 Å². The zero-order chi connectivity index (χ0) is 19.2. The van der Waals surface area contributed by atoms with Gasteiger partial charge in [0.25, 0.3) is 0 Å². The molecule has 0 spiro atoms. The molecule has 0 aliphatic rings. The molecule has 2 aromatic rings. The van der Waals surface area contributed by atoms with E-state index in [1.54, 1.807) is 26.1 Å². The molecule has 2 N–H and O–H groups in total. The Morgan fingerprint density at radius 3 is 2.48 bits per heavy atom.